The standard InChI is InChI=1S/C21H24N6O2/c1-14-9-18(20(29-2)12-24-14)21(28)26-16-3-5-17(6-4-16)27-13-15(10-25-27)19-11-22-7-8-23-19/h7-13,16-17H,3-6H2,1-2H3,(H,26,28). The molecule has 150 valence electrons. The van der Waals surface area contributed by atoms with Gasteiger partial charge in [-0.2, -0.15) is 5.10 Å². The van der Waals surface area contributed by atoms with Crippen molar-refractivity contribution < 1.29 is 9.53 Å². The van der Waals surface area contributed by atoms with Gasteiger partial charge in [0.2, 0.25) is 0 Å². The Kier molecular flexibility index (Phi) is 5.50. The first kappa shape index (κ1) is 19.0. The van der Waals surface area contributed by atoms with E-state index < -0.39 is 0 Å². The smallest absolute Gasteiger partial charge is 0.255 e. The van der Waals surface area contributed by atoms with Crippen LogP contribution in [0.3, 0.4) is 0 Å². The quantitative estimate of drug-likeness (QED) is 0.717. The highest BCUT2D eigenvalue weighted by Crippen LogP contribution is 2.30. The van der Waals surface area contributed by atoms with Gasteiger partial charge < -0.3 is 10.1 Å². The first-order valence-corrected chi connectivity index (χ1v) is 9.76. The number of aryl methyl sites for hydroxylation is 1. The number of nitrogens with one attached hydrogen (secondary N) is 1. The van der Waals surface area contributed by atoms with Crippen LogP contribution in [0.25, 0.3) is 11.3 Å². The van der Waals surface area contributed by atoms with Gasteiger partial charge in [-0.05, 0) is 38.7 Å². The molecule has 0 atom stereocenters. The van der Waals surface area contributed by atoms with E-state index in [1.54, 1.807) is 38.0 Å². The summed E-state index contributed by atoms with van der Waals surface area (Å²) in [4.78, 5) is 25.3. The normalized spacial score (nSPS) is 19.0. The summed E-state index contributed by atoms with van der Waals surface area (Å²) in [6.07, 6.45) is 14.3. The minimum absolute atomic E-state index is 0.111. The molecule has 1 aliphatic carbocycles. The van der Waals surface area contributed by atoms with Crippen molar-refractivity contribution >= 4 is 5.91 Å². The lowest BCUT2D eigenvalue weighted by Gasteiger charge is -2.29. The predicted octanol–water partition coefficient (Wildman–Crippen LogP) is 2.97. The molecule has 0 radical (unpaired) electrons. The topological polar surface area (TPSA) is 94.8 Å². The van der Waals surface area contributed by atoms with E-state index in [1.807, 2.05) is 24.0 Å². The molecule has 0 spiro atoms. The second-order valence-corrected chi connectivity index (χ2v) is 7.30. The van der Waals surface area contributed by atoms with Crippen molar-refractivity contribution in [3.05, 3.63) is 54.5 Å². The highest BCUT2D eigenvalue weighted by atomic mass is 16.5. The number of hydrogen-bond acceptors (Lipinski definition) is 6. The number of aromatic nitrogens is 5. The van der Waals surface area contributed by atoms with Crippen LogP contribution in [-0.2, 0) is 0 Å². The van der Waals surface area contributed by atoms with E-state index in [-0.39, 0.29) is 11.9 Å². The van der Waals surface area contributed by atoms with Crippen LogP contribution >= 0.6 is 0 Å². The molecule has 3 aromatic rings. The molecule has 1 amide bonds. The minimum Gasteiger partial charge on any atom is -0.494 e. The van der Waals surface area contributed by atoms with Crippen molar-refractivity contribution in [2.45, 2.75) is 44.7 Å². The maximum absolute atomic E-state index is 12.7. The summed E-state index contributed by atoms with van der Waals surface area (Å²) in [6, 6.07) is 2.23. The zero-order chi connectivity index (χ0) is 20.2. The lowest BCUT2D eigenvalue weighted by Crippen LogP contribution is -2.38. The van der Waals surface area contributed by atoms with Crippen LogP contribution < -0.4 is 10.1 Å². The molecule has 1 N–H and O–H groups in total. The van der Waals surface area contributed by atoms with Crippen molar-refractivity contribution in [3.8, 4) is 17.0 Å². The molecular weight excluding hydrogens is 368 g/mol. The van der Waals surface area contributed by atoms with Crippen LogP contribution in [0.15, 0.2) is 43.2 Å². The van der Waals surface area contributed by atoms with Crippen LogP contribution in [0.5, 0.6) is 5.75 Å². The Bertz CT molecular complexity index is 980. The summed E-state index contributed by atoms with van der Waals surface area (Å²) >= 11 is 0. The largest absolute Gasteiger partial charge is 0.494 e. The molecule has 8 nitrogen and oxygen atoms in total. The Labute approximate surface area is 169 Å². The Morgan fingerprint density at radius 3 is 2.69 bits per heavy atom. The van der Waals surface area contributed by atoms with Gasteiger partial charge in [0.1, 0.15) is 5.75 Å². The Hall–Kier alpha value is -3.29. The maximum atomic E-state index is 12.7. The fourth-order valence-corrected chi connectivity index (χ4v) is 3.75. The van der Waals surface area contributed by atoms with Crippen LogP contribution in [0.4, 0.5) is 0 Å². The Morgan fingerprint density at radius 1 is 1.14 bits per heavy atom. The number of carbonyl (C=O) groups excluding carboxylic acids is 1. The number of ether oxygens (including phenoxy) is 1. The number of rotatable bonds is 5. The van der Waals surface area contributed by atoms with Gasteiger partial charge in [-0.15, -0.1) is 0 Å². The molecule has 3 heterocycles. The van der Waals surface area contributed by atoms with Crippen LogP contribution in [0, 0.1) is 6.92 Å². The molecule has 0 aromatic carbocycles. The van der Waals surface area contributed by atoms with Crippen LogP contribution in [0.1, 0.15) is 47.8 Å². The zero-order valence-corrected chi connectivity index (χ0v) is 16.6. The predicted molar refractivity (Wildman–Crippen MR) is 108 cm³/mol. The minimum atomic E-state index is -0.111. The summed E-state index contributed by atoms with van der Waals surface area (Å²) in [7, 11) is 1.55. The summed E-state index contributed by atoms with van der Waals surface area (Å²) in [5.41, 5.74) is 3.11. The molecule has 0 aliphatic heterocycles. The molecular formula is C21H24N6O2. The van der Waals surface area contributed by atoms with Gasteiger partial charge in [0, 0.05) is 35.9 Å². The maximum Gasteiger partial charge on any atom is 0.255 e. The third-order valence-electron chi connectivity index (χ3n) is 5.34. The van der Waals surface area contributed by atoms with Gasteiger partial charge in [0.15, 0.2) is 0 Å². The second kappa shape index (κ2) is 8.38. The molecule has 1 saturated carbocycles. The summed E-state index contributed by atoms with van der Waals surface area (Å²) in [5, 5.41) is 7.67. The lowest BCUT2D eigenvalue weighted by molar-refractivity contribution is 0.0918. The van der Waals surface area contributed by atoms with Crippen LogP contribution in [0.2, 0.25) is 0 Å². The van der Waals surface area contributed by atoms with Gasteiger partial charge >= 0.3 is 0 Å². The van der Waals surface area contributed by atoms with Gasteiger partial charge in [-0.25, -0.2) is 0 Å². The zero-order valence-electron chi connectivity index (χ0n) is 16.6. The first-order valence-electron chi connectivity index (χ1n) is 9.76. The summed E-state index contributed by atoms with van der Waals surface area (Å²) in [5.74, 6) is 0.384. The number of nitrogens with zero attached hydrogens (tertiary/aromatic N) is 5. The van der Waals surface area contributed by atoms with Crippen molar-refractivity contribution in [1.82, 2.24) is 30.0 Å². The van der Waals surface area contributed by atoms with E-state index in [2.05, 4.69) is 25.4 Å². The molecule has 1 aliphatic rings. The highest BCUT2D eigenvalue weighted by Gasteiger charge is 2.25. The van der Waals surface area contributed by atoms with Crippen LogP contribution in [-0.4, -0.2) is 43.8 Å². The lowest BCUT2D eigenvalue weighted by atomic mass is 9.91. The molecule has 4 rings (SSSR count). The monoisotopic (exact) mass is 392 g/mol. The van der Waals surface area contributed by atoms with E-state index in [0.717, 1.165) is 42.6 Å². The molecule has 8 heteroatoms. The molecule has 0 bridgehead atoms. The van der Waals surface area contributed by atoms with Gasteiger partial charge in [-0.1, -0.05) is 0 Å². The van der Waals surface area contributed by atoms with E-state index in [4.69, 9.17) is 4.74 Å². The fraction of sp³-hybridized carbons (Fsp3) is 0.381. The molecule has 3 aromatic heterocycles. The Balaban J connectivity index is 1.36. The number of amides is 1. The number of methoxy groups -OCH3 is 1. The van der Waals surface area contributed by atoms with Crippen molar-refractivity contribution in [3.63, 3.8) is 0 Å². The van der Waals surface area contributed by atoms with Gasteiger partial charge in [-0.3, -0.25) is 24.4 Å². The van der Waals surface area contributed by atoms with Crippen molar-refractivity contribution in [2.24, 2.45) is 0 Å². The van der Waals surface area contributed by atoms with E-state index >= 15 is 0 Å². The molecule has 0 saturated heterocycles. The average Bonchev–Trinajstić information content (AvgIpc) is 3.25. The number of pyridine rings is 1. The van der Waals surface area contributed by atoms with E-state index in [9.17, 15) is 4.79 Å². The van der Waals surface area contributed by atoms with Crippen molar-refractivity contribution in [2.75, 3.05) is 7.11 Å². The third-order valence-corrected chi connectivity index (χ3v) is 5.34. The fourth-order valence-electron chi connectivity index (χ4n) is 3.75. The summed E-state index contributed by atoms with van der Waals surface area (Å²) < 4.78 is 7.29. The van der Waals surface area contributed by atoms with E-state index in [1.165, 1.54) is 0 Å². The second-order valence-electron chi connectivity index (χ2n) is 7.30. The van der Waals surface area contributed by atoms with Crippen molar-refractivity contribution in [1.29, 1.82) is 0 Å². The number of hydrogen-bond donors (Lipinski definition) is 1. The SMILES string of the molecule is COc1cnc(C)cc1C(=O)NC1CCC(n2cc(-c3cnccn3)cn2)CC1. The highest BCUT2D eigenvalue weighted by molar-refractivity contribution is 5.97. The molecule has 1 fully saturated rings. The first-order chi connectivity index (χ1) is 14.1. The van der Waals surface area contributed by atoms with Gasteiger partial charge in [0.05, 0.1) is 43.0 Å². The summed E-state index contributed by atoms with van der Waals surface area (Å²) in [6.45, 7) is 1.86. The molecule has 0 unspecified atom stereocenters. The third kappa shape index (κ3) is 4.26. The number of carbonyl (C=O) groups is 1. The van der Waals surface area contributed by atoms with E-state index in [0.29, 0.717) is 17.4 Å². The molecule has 29 heavy (non-hydrogen) atoms. The Morgan fingerprint density at radius 2 is 1.97 bits per heavy atom. The average molecular weight is 392 g/mol. The van der Waals surface area contributed by atoms with Gasteiger partial charge in [0.25, 0.3) is 5.91 Å².